The molecular weight excluding hydrogens is 348 g/mol. The van der Waals surface area contributed by atoms with E-state index >= 15 is 0 Å². The molecule has 0 spiro atoms. The number of hydrogen-bond acceptors (Lipinski definition) is 6. The molecule has 0 aromatic carbocycles. The first-order valence-electron chi connectivity index (χ1n) is 9.60. The number of likely N-dealkylation sites (tertiary alicyclic amines) is 1. The number of nitrogens with one attached hydrogen (secondary N) is 1. The minimum absolute atomic E-state index is 0.0164. The lowest BCUT2D eigenvalue weighted by Gasteiger charge is -2.33. The number of methoxy groups -OCH3 is 1. The molecule has 0 saturated carbocycles. The van der Waals surface area contributed by atoms with Crippen LogP contribution in [0.5, 0.6) is 0 Å². The van der Waals surface area contributed by atoms with Gasteiger partial charge in [0.25, 0.3) is 0 Å². The fraction of sp³-hybridized carbons (Fsp3) is 0.778. The lowest BCUT2D eigenvalue weighted by Crippen LogP contribution is -2.47. The van der Waals surface area contributed by atoms with E-state index in [0.717, 1.165) is 56.5 Å². The third kappa shape index (κ3) is 6.20. The summed E-state index contributed by atoms with van der Waals surface area (Å²) >= 11 is 0. The number of nitrogens with zero attached hydrogens (tertiary/aromatic N) is 5. The van der Waals surface area contributed by atoms with Gasteiger partial charge in [-0.3, -0.25) is 4.79 Å². The average Bonchev–Trinajstić information content (AvgIpc) is 3.00. The molecule has 0 atom stereocenters. The molecule has 1 aromatic heterocycles. The quantitative estimate of drug-likeness (QED) is 0.310. The molecule has 9 heteroatoms. The second-order valence-corrected chi connectivity index (χ2v) is 6.65. The molecular formula is C18H32N6O3. The predicted octanol–water partition coefficient (Wildman–Crippen LogP) is 0.881. The monoisotopic (exact) mass is 380 g/mol. The maximum absolute atomic E-state index is 12.0. The SMILES string of the molecule is CCOC(=O)C1CCN(C(=NCc2nnc(C)n2C)NCCCOC)CC1. The van der Waals surface area contributed by atoms with E-state index in [-0.39, 0.29) is 11.9 Å². The van der Waals surface area contributed by atoms with Gasteiger partial charge in [0.2, 0.25) is 0 Å². The van der Waals surface area contributed by atoms with Crippen molar-refractivity contribution in [1.29, 1.82) is 0 Å². The van der Waals surface area contributed by atoms with Gasteiger partial charge in [-0.05, 0) is 33.1 Å². The summed E-state index contributed by atoms with van der Waals surface area (Å²) in [6.07, 6.45) is 2.46. The van der Waals surface area contributed by atoms with Crippen molar-refractivity contribution in [2.45, 2.75) is 39.7 Å². The standard InChI is InChI=1S/C18H32N6O3/c1-5-27-17(25)15-7-10-24(11-8-15)18(19-9-6-12-26-4)20-13-16-22-21-14(2)23(16)3/h15H,5-13H2,1-4H3,(H,19,20). The van der Waals surface area contributed by atoms with Gasteiger partial charge < -0.3 is 24.3 Å². The molecule has 1 aliphatic rings. The van der Waals surface area contributed by atoms with Crippen LogP contribution in [-0.4, -0.2) is 71.6 Å². The number of hydrogen-bond donors (Lipinski definition) is 1. The van der Waals surface area contributed by atoms with Gasteiger partial charge >= 0.3 is 5.97 Å². The van der Waals surface area contributed by atoms with Gasteiger partial charge in [-0.25, -0.2) is 4.99 Å². The maximum atomic E-state index is 12.0. The van der Waals surface area contributed by atoms with Crippen LogP contribution in [0.4, 0.5) is 0 Å². The van der Waals surface area contributed by atoms with Gasteiger partial charge in [0, 0.05) is 40.4 Å². The van der Waals surface area contributed by atoms with Crippen molar-refractivity contribution < 1.29 is 14.3 Å². The molecule has 152 valence electrons. The molecule has 1 saturated heterocycles. The van der Waals surface area contributed by atoms with Gasteiger partial charge in [-0.15, -0.1) is 10.2 Å². The number of guanidine groups is 1. The third-order valence-electron chi connectivity index (χ3n) is 4.78. The van der Waals surface area contributed by atoms with Gasteiger partial charge in [-0.2, -0.15) is 0 Å². The largest absolute Gasteiger partial charge is 0.466 e. The van der Waals surface area contributed by atoms with Crippen LogP contribution in [0.3, 0.4) is 0 Å². The summed E-state index contributed by atoms with van der Waals surface area (Å²) < 4.78 is 12.2. The van der Waals surface area contributed by atoms with Crippen molar-refractivity contribution in [2.75, 3.05) is 40.0 Å². The summed E-state index contributed by atoms with van der Waals surface area (Å²) in [7, 11) is 3.64. The molecule has 1 aromatic rings. The van der Waals surface area contributed by atoms with Crippen molar-refractivity contribution in [3.63, 3.8) is 0 Å². The van der Waals surface area contributed by atoms with Crippen LogP contribution in [0.15, 0.2) is 4.99 Å². The minimum atomic E-state index is -0.0850. The molecule has 0 amide bonds. The van der Waals surface area contributed by atoms with Gasteiger partial charge in [0.15, 0.2) is 11.8 Å². The molecule has 0 unspecified atom stereocenters. The van der Waals surface area contributed by atoms with Crippen molar-refractivity contribution in [2.24, 2.45) is 18.0 Å². The zero-order valence-electron chi connectivity index (χ0n) is 16.9. The lowest BCUT2D eigenvalue weighted by atomic mass is 9.97. The highest BCUT2D eigenvalue weighted by molar-refractivity contribution is 5.80. The van der Waals surface area contributed by atoms with E-state index in [2.05, 4.69) is 20.4 Å². The van der Waals surface area contributed by atoms with Crippen molar-refractivity contribution in [3.05, 3.63) is 11.6 Å². The first-order chi connectivity index (χ1) is 13.1. The molecule has 0 bridgehead atoms. The van der Waals surface area contributed by atoms with Crippen LogP contribution in [0, 0.1) is 12.8 Å². The van der Waals surface area contributed by atoms with E-state index in [1.165, 1.54) is 0 Å². The summed E-state index contributed by atoms with van der Waals surface area (Å²) in [4.78, 5) is 18.9. The van der Waals surface area contributed by atoms with E-state index in [1.54, 1.807) is 7.11 Å². The normalized spacial score (nSPS) is 15.9. The Morgan fingerprint density at radius 3 is 2.67 bits per heavy atom. The number of carbonyl (C=O) groups excluding carboxylic acids is 1. The second-order valence-electron chi connectivity index (χ2n) is 6.65. The van der Waals surface area contributed by atoms with Crippen LogP contribution in [0.2, 0.25) is 0 Å². The van der Waals surface area contributed by atoms with E-state index in [4.69, 9.17) is 14.5 Å². The summed E-state index contributed by atoms with van der Waals surface area (Å²) in [6, 6.07) is 0. The average molecular weight is 380 g/mol. The van der Waals surface area contributed by atoms with E-state index in [9.17, 15) is 4.79 Å². The fourth-order valence-corrected chi connectivity index (χ4v) is 3.01. The van der Waals surface area contributed by atoms with Crippen LogP contribution in [0.25, 0.3) is 0 Å². The van der Waals surface area contributed by atoms with Crippen molar-refractivity contribution in [3.8, 4) is 0 Å². The lowest BCUT2D eigenvalue weighted by molar-refractivity contribution is -0.149. The zero-order valence-corrected chi connectivity index (χ0v) is 16.9. The Balaban J connectivity index is 1.98. The fourth-order valence-electron chi connectivity index (χ4n) is 3.01. The Morgan fingerprint density at radius 1 is 1.33 bits per heavy atom. The second kappa shape index (κ2) is 10.9. The summed E-state index contributed by atoms with van der Waals surface area (Å²) in [5, 5.41) is 11.7. The smallest absolute Gasteiger partial charge is 0.309 e. The van der Waals surface area contributed by atoms with Crippen LogP contribution < -0.4 is 5.32 Å². The number of aliphatic imine (C=N–C) groups is 1. The van der Waals surface area contributed by atoms with E-state index in [1.807, 2.05) is 25.5 Å². The highest BCUT2D eigenvalue weighted by atomic mass is 16.5. The van der Waals surface area contributed by atoms with E-state index < -0.39 is 0 Å². The molecule has 0 radical (unpaired) electrons. The van der Waals surface area contributed by atoms with Gasteiger partial charge in [0.05, 0.1) is 12.5 Å². The molecule has 1 fully saturated rings. The number of piperidine rings is 1. The summed E-state index contributed by atoms with van der Waals surface area (Å²) in [5.74, 6) is 2.43. The van der Waals surface area contributed by atoms with Crippen molar-refractivity contribution in [1.82, 2.24) is 25.0 Å². The Bertz CT molecular complexity index is 623. The topological polar surface area (TPSA) is 93.9 Å². The number of ether oxygens (including phenoxy) is 2. The molecule has 1 aliphatic heterocycles. The molecule has 2 heterocycles. The first kappa shape index (κ1) is 21.1. The third-order valence-corrected chi connectivity index (χ3v) is 4.78. The molecule has 0 aliphatic carbocycles. The van der Waals surface area contributed by atoms with E-state index in [0.29, 0.717) is 19.8 Å². The predicted molar refractivity (Wildman–Crippen MR) is 102 cm³/mol. The van der Waals surface area contributed by atoms with Gasteiger partial charge in [-0.1, -0.05) is 0 Å². The highest BCUT2D eigenvalue weighted by Gasteiger charge is 2.27. The number of carbonyl (C=O) groups is 1. The molecule has 9 nitrogen and oxygen atoms in total. The number of rotatable bonds is 8. The first-order valence-corrected chi connectivity index (χ1v) is 9.60. The van der Waals surface area contributed by atoms with Crippen LogP contribution in [0.1, 0.15) is 37.8 Å². The highest BCUT2D eigenvalue weighted by Crippen LogP contribution is 2.19. The molecule has 2 rings (SSSR count). The Kier molecular flexibility index (Phi) is 8.50. The van der Waals surface area contributed by atoms with Crippen LogP contribution >= 0.6 is 0 Å². The Labute approximate surface area is 161 Å². The number of aromatic nitrogens is 3. The molecule has 27 heavy (non-hydrogen) atoms. The Morgan fingerprint density at radius 2 is 2.07 bits per heavy atom. The number of aryl methyl sites for hydroxylation is 1. The van der Waals surface area contributed by atoms with Crippen LogP contribution in [-0.2, 0) is 27.9 Å². The summed E-state index contributed by atoms with van der Waals surface area (Å²) in [6.45, 7) is 7.69. The maximum Gasteiger partial charge on any atom is 0.309 e. The number of esters is 1. The molecule has 1 N–H and O–H groups in total. The minimum Gasteiger partial charge on any atom is -0.466 e. The zero-order chi connectivity index (χ0) is 19.6. The van der Waals surface area contributed by atoms with Gasteiger partial charge in [0.1, 0.15) is 12.4 Å². The summed E-state index contributed by atoms with van der Waals surface area (Å²) in [5.41, 5.74) is 0. The van der Waals surface area contributed by atoms with Crippen molar-refractivity contribution >= 4 is 11.9 Å². The Hall–Kier alpha value is -2.16.